The highest BCUT2D eigenvalue weighted by molar-refractivity contribution is 7.19. The molecule has 7 heteroatoms. The Labute approximate surface area is 201 Å². The average molecular weight is 476 g/mol. The summed E-state index contributed by atoms with van der Waals surface area (Å²) in [6.07, 6.45) is 0. The molecule has 2 aromatic heterocycles. The molecule has 0 aliphatic carbocycles. The van der Waals surface area contributed by atoms with E-state index in [1.165, 1.54) is 11.3 Å². The summed E-state index contributed by atoms with van der Waals surface area (Å²) in [6.45, 7) is 4.30. The Bertz CT molecular complexity index is 1340. The lowest BCUT2D eigenvalue weighted by molar-refractivity contribution is 0.0748. The molecule has 5 rings (SSSR count). The number of anilines is 1. The number of Topliss-reactive ketones (excluding diaryl/α,β-unsaturated/α-hetero) is 1. The molecule has 1 aliphatic heterocycles. The number of piperazine rings is 1. The summed E-state index contributed by atoms with van der Waals surface area (Å²) in [4.78, 5) is 35.0. The molecule has 1 fully saturated rings. The molecular weight excluding hydrogens is 454 g/mol. The third-order valence-corrected chi connectivity index (χ3v) is 7.23. The number of hydrogen-bond donors (Lipinski definition) is 0. The van der Waals surface area contributed by atoms with Crippen LogP contribution in [0.15, 0.2) is 66.7 Å². The molecule has 0 radical (unpaired) electrons. The molecule has 1 amide bonds. The molecule has 0 saturated carbocycles. The highest BCUT2D eigenvalue weighted by Crippen LogP contribution is 2.33. The molecule has 1 saturated heterocycles. The lowest BCUT2D eigenvalue weighted by Crippen LogP contribution is -2.48. The first kappa shape index (κ1) is 21.6. The van der Waals surface area contributed by atoms with Crippen LogP contribution in [0.1, 0.15) is 27.6 Å². The van der Waals surface area contributed by atoms with Gasteiger partial charge in [0.1, 0.15) is 0 Å². The Morgan fingerprint density at radius 2 is 1.67 bits per heavy atom. The van der Waals surface area contributed by atoms with Crippen LogP contribution < -0.4 is 4.90 Å². The van der Waals surface area contributed by atoms with Gasteiger partial charge in [0, 0.05) is 42.8 Å². The Balaban J connectivity index is 1.38. The van der Waals surface area contributed by atoms with Crippen molar-refractivity contribution in [2.24, 2.45) is 0 Å². The third kappa shape index (κ3) is 4.36. The number of amides is 1. The molecular formula is C26H22ClN3O2S. The summed E-state index contributed by atoms with van der Waals surface area (Å²) in [5.74, 6) is 0.0785. The van der Waals surface area contributed by atoms with Crippen LogP contribution in [0.4, 0.5) is 5.69 Å². The fraction of sp³-hybridized carbons (Fsp3) is 0.192. The van der Waals surface area contributed by atoms with Crippen molar-refractivity contribution >= 4 is 51.2 Å². The summed E-state index contributed by atoms with van der Waals surface area (Å²) in [5.41, 5.74) is 4.00. The lowest BCUT2D eigenvalue weighted by Gasteiger charge is -2.36. The van der Waals surface area contributed by atoms with Crippen LogP contribution in [0.3, 0.4) is 0 Å². The van der Waals surface area contributed by atoms with Gasteiger partial charge in [0.2, 0.25) is 0 Å². The van der Waals surface area contributed by atoms with E-state index in [-0.39, 0.29) is 11.7 Å². The predicted molar refractivity (Wildman–Crippen MR) is 135 cm³/mol. The largest absolute Gasteiger partial charge is 0.368 e. The van der Waals surface area contributed by atoms with Gasteiger partial charge in [-0.3, -0.25) is 9.59 Å². The fourth-order valence-corrected chi connectivity index (χ4v) is 5.18. The smallest absolute Gasteiger partial charge is 0.254 e. The second-order valence-corrected chi connectivity index (χ2v) is 9.77. The first-order valence-electron chi connectivity index (χ1n) is 10.8. The van der Waals surface area contributed by atoms with Gasteiger partial charge < -0.3 is 9.80 Å². The second kappa shape index (κ2) is 8.96. The van der Waals surface area contributed by atoms with Gasteiger partial charge in [-0.15, -0.1) is 11.3 Å². The fourth-order valence-electron chi connectivity index (χ4n) is 4.18. The number of hydrogen-bond acceptors (Lipinski definition) is 5. The molecule has 33 heavy (non-hydrogen) atoms. The van der Waals surface area contributed by atoms with Crippen molar-refractivity contribution in [1.29, 1.82) is 0 Å². The van der Waals surface area contributed by atoms with Gasteiger partial charge in [-0.25, -0.2) is 4.98 Å². The van der Waals surface area contributed by atoms with Gasteiger partial charge >= 0.3 is 0 Å². The van der Waals surface area contributed by atoms with Crippen molar-refractivity contribution in [2.45, 2.75) is 6.92 Å². The maximum absolute atomic E-state index is 13.6. The van der Waals surface area contributed by atoms with E-state index >= 15 is 0 Å². The van der Waals surface area contributed by atoms with E-state index in [4.69, 9.17) is 16.6 Å². The third-order valence-electron chi connectivity index (χ3n) is 5.98. The zero-order valence-electron chi connectivity index (χ0n) is 18.1. The first-order chi connectivity index (χ1) is 16.0. The van der Waals surface area contributed by atoms with Gasteiger partial charge in [0.05, 0.1) is 26.0 Å². The number of carbonyl (C=O) groups excluding carboxylic acids is 2. The number of carbonyl (C=O) groups is 2. The first-order valence-corrected chi connectivity index (χ1v) is 12.0. The van der Waals surface area contributed by atoms with Crippen LogP contribution in [0.5, 0.6) is 0 Å². The van der Waals surface area contributed by atoms with Gasteiger partial charge in [0.15, 0.2) is 5.78 Å². The molecule has 0 N–H and O–H groups in total. The van der Waals surface area contributed by atoms with Crippen molar-refractivity contribution in [1.82, 2.24) is 9.88 Å². The monoisotopic (exact) mass is 475 g/mol. The standard InChI is InChI=1S/C26H22ClN3O2S/c1-17(31)18-6-8-19(9-7-18)29-12-14-30(15-13-29)26(32)21-16-23(24-10-11-25(27)33-24)28-22-5-3-2-4-20(21)22/h2-11,16H,12-15H2,1H3. The Kier molecular flexibility index (Phi) is 5.87. The Hall–Kier alpha value is -3.22. The number of nitrogens with zero attached hydrogens (tertiary/aromatic N) is 3. The number of fused-ring (bicyclic) bond motifs is 1. The Morgan fingerprint density at radius 1 is 0.939 bits per heavy atom. The van der Waals surface area contributed by atoms with Crippen molar-refractivity contribution in [3.8, 4) is 10.6 Å². The number of aromatic nitrogens is 1. The topological polar surface area (TPSA) is 53.5 Å². The van der Waals surface area contributed by atoms with Crippen molar-refractivity contribution in [2.75, 3.05) is 31.1 Å². The molecule has 166 valence electrons. The van der Waals surface area contributed by atoms with Gasteiger partial charge in [-0.2, -0.15) is 0 Å². The average Bonchev–Trinajstić information content (AvgIpc) is 3.29. The molecule has 5 nitrogen and oxygen atoms in total. The maximum atomic E-state index is 13.6. The predicted octanol–water partition coefficient (Wildman–Crippen LogP) is 5.78. The highest BCUT2D eigenvalue weighted by atomic mass is 35.5. The molecule has 1 aliphatic rings. The maximum Gasteiger partial charge on any atom is 0.254 e. The van der Waals surface area contributed by atoms with Crippen molar-refractivity contribution in [3.05, 3.63) is 82.2 Å². The normalized spacial score (nSPS) is 14.0. The SMILES string of the molecule is CC(=O)c1ccc(N2CCN(C(=O)c3cc(-c4ccc(Cl)s4)nc4ccccc34)CC2)cc1. The van der Waals surface area contributed by atoms with Crippen LogP contribution in [0, 0.1) is 0 Å². The molecule has 0 unspecified atom stereocenters. The van der Waals surface area contributed by atoms with Crippen LogP contribution >= 0.6 is 22.9 Å². The van der Waals surface area contributed by atoms with E-state index in [9.17, 15) is 9.59 Å². The zero-order valence-corrected chi connectivity index (χ0v) is 19.7. The zero-order chi connectivity index (χ0) is 22.9. The number of rotatable bonds is 4. The molecule has 3 heterocycles. The van der Waals surface area contributed by atoms with E-state index in [1.54, 1.807) is 6.92 Å². The Morgan fingerprint density at radius 3 is 2.33 bits per heavy atom. The highest BCUT2D eigenvalue weighted by Gasteiger charge is 2.25. The van der Waals surface area contributed by atoms with E-state index in [1.807, 2.05) is 71.6 Å². The summed E-state index contributed by atoms with van der Waals surface area (Å²) in [6, 6.07) is 21.1. The minimum Gasteiger partial charge on any atom is -0.368 e. The van der Waals surface area contributed by atoms with Gasteiger partial charge in [-0.05, 0) is 55.5 Å². The second-order valence-electron chi connectivity index (χ2n) is 8.06. The van der Waals surface area contributed by atoms with Crippen LogP contribution in [-0.2, 0) is 0 Å². The summed E-state index contributed by atoms with van der Waals surface area (Å²) in [5, 5.41) is 0.858. The van der Waals surface area contributed by atoms with E-state index in [2.05, 4.69) is 4.90 Å². The summed E-state index contributed by atoms with van der Waals surface area (Å²) >= 11 is 7.59. The van der Waals surface area contributed by atoms with Crippen LogP contribution in [-0.4, -0.2) is 47.8 Å². The minimum absolute atomic E-state index is 0.0177. The molecule has 4 aromatic rings. The van der Waals surface area contributed by atoms with E-state index < -0.39 is 0 Å². The number of ketones is 1. The summed E-state index contributed by atoms with van der Waals surface area (Å²) < 4.78 is 0.695. The number of benzene rings is 2. The summed E-state index contributed by atoms with van der Waals surface area (Å²) in [7, 11) is 0. The number of halogens is 1. The number of thiophene rings is 1. The molecule has 0 atom stereocenters. The number of para-hydroxylation sites is 1. The minimum atomic E-state index is 0.0177. The molecule has 0 spiro atoms. The van der Waals surface area contributed by atoms with Crippen LogP contribution in [0.2, 0.25) is 4.34 Å². The van der Waals surface area contributed by atoms with Gasteiger partial charge in [0.25, 0.3) is 5.91 Å². The van der Waals surface area contributed by atoms with E-state index in [0.717, 1.165) is 40.3 Å². The van der Waals surface area contributed by atoms with Crippen LogP contribution in [0.25, 0.3) is 21.5 Å². The van der Waals surface area contributed by atoms with Gasteiger partial charge in [-0.1, -0.05) is 29.8 Å². The van der Waals surface area contributed by atoms with E-state index in [0.29, 0.717) is 28.6 Å². The lowest BCUT2D eigenvalue weighted by atomic mass is 10.0. The van der Waals surface area contributed by atoms with Crippen molar-refractivity contribution < 1.29 is 9.59 Å². The quantitative estimate of drug-likeness (QED) is 0.351. The molecule has 0 bridgehead atoms. The molecule has 2 aromatic carbocycles. The van der Waals surface area contributed by atoms with Crippen molar-refractivity contribution in [3.63, 3.8) is 0 Å². The number of pyridine rings is 1.